The van der Waals surface area contributed by atoms with Crippen molar-refractivity contribution in [3.05, 3.63) is 29.8 Å². The Kier molecular flexibility index (Phi) is 11.8. The van der Waals surface area contributed by atoms with Crippen LogP contribution in [0, 0.1) is 0 Å². The summed E-state index contributed by atoms with van der Waals surface area (Å²) < 4.78 is 28.0. The quantitative estimate of drug-likeness (QED) is 0.321. The first-order valence-electron chi connectivity index (χ1n) is 8.28. The van der Waals surface area contributed by atoms with Crippen molar-refractivity contribution in [2.75, 3.05) is 25.2 Å². The van der Waals surface area contributed by atoms with E-state index in [1.807, 2.05) is 45.0 Å². The molecule has 0 aromatic heterocycles. The lowest BCUT2D eigenvalue weighted by atomic mass is 10.2. The van der Waals surface area contributed by atoms with Gasteiger partial charge in [-0.1, -0.05) is 12.1 Å². The summed E-state index contributed by atoms with van der Waals surface area (Å²) in [5.41, 5.74) is 1.06. The van der Waals surface area contributed by atoms with E-state index in [2.05, 4.69) is 15.6 Å². The summed E-state index contributed by atoms with van der Waals surface area (Å²) in [4.78, 5) is 4.56. The minimum atomic E-state index is -2.95. The van der Waals surface area contributed by atoms with Crippen LogP contribution in [0.25, 0.3) is 0 Å². The van der Waals surface area contributed by atoms with Crippen LogP contribution in [0.3, 0.4) is 0 Å². The molecule has 1 rings (SSSR count). The number of benzene rings is 1. The van der Waals surface area contributed by atoms with Gasteiger partial charge in [-0.05, 0) is 44.9 Å². The zero-order valence-electron chi connectivity index (χ0n) is 15.4. The van der Waals surface area contributed by atoms with E-state index in [1.54, 1.807) is 0 Å². The van der Waals surface area contributed by atoms with Gasteiger partial charge in [0.25, 0.3) is 0 Å². The number of nitrogens with one attached hydrogen (secondary N) is 2. The highest BCUT2D eigenvalue weighted by atomic mass is 127. The molecule has 0 fully saturated rings. The van der Waals surface area contributed by atoms with E-state index >= 15 is 0 Å². The zero-order valence-corrected chi connectivity index (χ0v) is 18.6. The number of ether oxygens (including phenoxy) is 1. The number of nitrogens with zero attached hydrogens (tertiary/aromatic N) is 1. The third-order valence-corrected chi connectivity index (χ3v) is 4.26. The molecule has 0 amide bonds. The number of sulfone groups is 1. The summed E-state index contributed by atoms with van der Waals surface area (Å²) in [5, 5.41) is 6.42. The van der Waals surface area contributed by atoms with E-state index < -0.39 is 9.84 Å². The van der Waals surface area contributed by atoms with E-state index in [9.17, 15) is 8.42 Å². The normalized spacial score (nSPS) is 12.9. The second-order valence-electron chi connectivity index (χ2n) is 5.74. The lowest BCUT2D eigenvalue weighted by Crippen LogP contribution is -2.42. The van der Waals surface area contributed by atoms with Gasteiger partial charge >= 0.3 is 0 Å². The van der Waals surface area contributed by atoms with Gasteiger partial charge in [0.05, 0.1) is 18.9 Å². The van der Waals surface area contributed by atoms with Gasteiger partial charge in [-0.15, -0.1) is 24.0 Å². The molecule has 8 heteroatoms. The van der Waals surface area contributed by atoms with Crippen LogP contribution in [0.2, 0.25) is 0 Å². The number of aliphatic imine (C=N–C) groups is 1. The molecule has 0 aliphatic heterocycles. The molecule has 144 valence electrons. The van der Waals surface area contributed by atoms with Crippen LogP contribution in [0.15, 0.2) is 29.3 Å². The Labute approximate surface area is 168 Å². The van der Waals surface area contributed by atoms with Crippen LogP contribution in [0.5, 0.6) is 5.75 Å². The maximum Gasteiger partial charge on any atom is 0.191 e. The van der Waals surface area contributed by atoms with E-state index in [4.69, 9.17) is 4.74 Å². The molecular formula is C17H30IN3O3S. The third-order valence-electron chi connectivity index (χ3n) is 3.28. The average Bonchev–Trinajstić information content (AvgIpc) is 2.51. The maximum absolute atomic E-state index is 11.3. The Balaban J connectivity index is 0.00000576. The van der Waals surface area contributed by atoms with Gasteiger partial charge in [0, 0.05) is 18.8 Å². The summed E-state index contributed by atoms with van der Waals surface area (Å²) >= 11 is 0. The molecule has 25 heavy (non-hydrogen) atoms. The molecule has 0 spiro atoms. The Bertz CT molecular complexity index is 636. The van der Waals surface area contributed by atoms with E-state index in [0.29, 0.717) is 25.5 Å². The fourth-order valence-corrected chi connectivity index (χ4v) is 2.87. The fourth-order valence-electron chi connectivity index (χ4n) is 2.09. The highest BCUT2D eigenvalue weighted by Gasteiger charge is 2.09. The molecule has 1 aromatic carbocycles. The number of guanidine groups is 1. The molecule has 1 unspecified atom stereocenters. The molecule has 0 radical (unpaired) electrons. The molecule has 6 nitrogen and oxygen atoms in total. The predicted molar refractivity (Wildman–Crippen MR) is 115 cm³/mol. The van der Waals surface area contributed by atoms with Gasteiger partial charge in [-0.25, -0.2) is 13.4 Å². The molecule has 0 heterocycles. The highest BCUT2D eigenvalue weighted by molar-refractivity contribution is 14.0. The minimum absolute atomic E-state index is 0. The summed E-state index contributed by atoms with van der Waals surface area (Å²) in [7, 11) is -2.95. The molecule has 1 aromatic rings. The van der Waals surface area contributed by atoms with Crippen LogP contribution in [0.4, 0.5) is 0 Å². The van der Waals surface area contributed by atoms with E-state index in [0.717, 1.165) is 17.9 Å². The second-order valence-corrected chi connectivity index (χ2v) is 8.00. The maximum atomic E-state index is 11.3. The Morgan fingerprint density at radius 2 is 2.04 bits per heavy atom. The van der Waals surface area contributed by atoms with Crippen molar-refractivity contribution in [2.45, 2.75) is 39.8 Å². The molecule has 0 bridgehead atoms. The lowest BCUT2D eigenvalue weighted by Gasteiger charge is -2.17. The topological polar surface area (TPSA) is 79.8 Å². The molecule has 0 saturated heterocycles. The van der Waals surface area contributed by atoms with Gasteiger partial charge in [-0.2, -0.15) is 0 Å². The van der Waals surface area contributed by atoms with Crippen LogP contribution in [0.1, 0.15) is 32.8 Å². The van der Waals surface area contributed by atoms with Gasteiger partial charge < -0.3 is 15.4 Å². The average molecular weight is 483 g/mol. The first kappa shape index (κ1) is 24.0. The van der Waals surface area contributed by atoms with E-state index in [-0.39, 0.29) is 35.8 Å². The molecule has 0 aliphatic rings. The standard InChI is InChI=1S/C17H29N3O3S.HI/c1-5-18-17(20-14(3)10-11-24(4,21)22)19-13-15-8-7-9-16(12-15)23-6-2;/h7-9,12,14H,5-6,10-11,13H2,1-4H3,(H2,18,19,20);1H. The summed E-state index contributed by atoms with van der Waals surface area (Å²) in [6.07, 6.45) is 1.80. The van der Waals surface area contributed by atoms with Crippen molar-refractivity contribution in [3.63, 3.8) is 0 Å². The predicted octanol–water partition coefficient (Wildman–Crippen LogP) is 2.58. The molecule has 0 aliphatic carbocycles. The van der Waals surface area contributed by atoms with Gasteiger partial charge in [0.1, 0.15) is 15.6 Å². The molecule has 1 atom stereocenters. The zero-order chi connectivity index (χ0) is 18.0. The van der Waals surface area contributed by atoms with Crippen LogP contribution in [-0.4, -0.2) is 45.6 Å². The van der Waals surface area contributed by atoms with Crippen LogP contribution in [-0.2, 0) is 16.4 Å². The van der Waals surface area contributed by atoms with E-state index in [1.165, 1.54) is 6.26 Å². The first-order valence-corrected chi connectivity index (χ1v) is 10.3. The number of hydrogen-bond acceptors (Lipinski definition) is 4. The Morgan fingerprint density at radius 1 is 1.32 bits per heavy atom. The fraction of sp³-hybridized carbons (Fsp3) is 0.588. The van der Waals surface area contributed by atoms with Gasteiger partial charge in [0.15, 0.2) is 5.96 Å². The minimum Gasteiger partial charge on any atom is -0.494 e. The van der Waals surface area contributed by atoms with Crippen molar-refractivity contribution in [1.29, 1.82) is 0 Å². The number of halogens is 1. The monoisotopic (exact) mass is 483 g/mol. The Morgan fingerprint density at radius 3 is 2.64 bits per heavy atom. The largest absolute Gasteiger partial charge is 0.494 e. The third kappa shape index (κ3) is 11.2. The van der Waals surface area contributed by atoms with Crippen LogP contribution < -0.4 is 15.4 Å². The van der Waals surface area contributed by atoms with Crippen LogP contribution >= 0.6 is 24.0 Å². The van der Waals surface area contributed by atoms with Gasteiger partial charge in [-0.3, -0.25) is 0 Å². The van der Waals surface area contributed by atoms with Gasteiger partial charge in [0.2, 0.25) is 0 Å². The molecular weight excluding hydrogens is 453 g/mol. The second kappa shape index (κ2) is 12.3. The van der Waals surface area contributed by atoms with Crippen molar-refractivity contribution < 1.29 is 13.2 Å². The SMILES string of the molecule is CCNC(=NCc1cccc(OCC)c1)NC(C)CCS(C)(=O)=O.I. The van der Waals surface area contributed by atoms with Crippen molar-refractivity contribution >= 4 is 39.8 Å². The highest BCUT2D eigenvalue weighted by Crippen LogP contribution is 2.13. The smallest absolute Gasteiger partial charge is 0.191 e. The Hall–Kier alpha value is -1.03. The number of rotatable bonds is 9. The summed E-state index contributed by atoms with van der Waals surface area (Å²) in [5.74, 6) is 1.68. The lowest BCUT2D eigenvalue weighted by molar-refractivity contribution is 0.340. The van der Waals surface area contributed by atoms with Crippen molar-refractivity contribution in [2.24, 2.45) is 4.99 Å². The number of hydrogen-bond donors (Lipinski definition) is 2. The van der Waals surface area contributed by atoms with Crippen molar-refractivity contribution in [3.8, 4) is 5.75 Å². The summed E-state index contributed by atoms with van der Waals surface area (Å²) in [6.45, 7) is 7.80. The first-order chi connectivity index (χ1) is 11.3. The summed E-state index contributed by atoms with van der Waals surface area (Å²) in [6, 6.07) is 7.87. The van der Waals surface area contributed by atoms with Crippen molar-refractivity contribution in [1.82, 2.24) is 10.6 Å². The molecule has 0 saturated carbocycles. The molecule has 2 N–H and O–H groups in total.